The highest BCUT2D eigenvalue weighted by molar-refractivity contribution is 5.76. The van der Waals surface area contributed by atoms with Gasteiger partial charge in [0.1, 0.15) is 0 Å². The molecule has 0 spiro atoms. The van der Waals surface area contributed by atoms with Crippen LogP contribution in [0.3, 0.4) is 0 Å². The molecule has 1 aromatic heterocycles. The summed E-state index contributed by atoms with van der Waals surface area (Å²) in [5, 5.41) is 13.1. The molecular weight excluding hydrogens is 204 g/mol. The van der Waals surface area contributed by atoms with Gasteiger partial charge in [-0.15, -0.1) is 0 Å². The monoisotopic (exact) mass is 222 g/mol. The fraction of sp³-hybridized carbons (Fsp3) is 0.636. The molecule has 1 saturated heterocycles. The third kappa shape index (κ3) is 2.82. The van der Waals surface area contributed by atoms with Crippen LogP contribution in [-0.4, -0.2) is 28.7 Å². The highest BCUT2D eigenvalue weighted by atomic mass is 16.1. The second kappa shape index (κ2) is 5.12. The number of nitrogens with zero attached hydrogens (tertiary/aromatic N) is 1. The molecule has 2 unspecified atom stereocenters. The standard InChI is InChI=1S/C11H18N4O/c1-8(9-6-13-14-7-9)15-10-3-2-4-12-11(16)5-10/h6-8,10,15H,2-5H2,1H3,(H,12,16)(H,13,14). The van der Waals surface area contributed by atoms with Crippen LogP contribution in [0.4, 0.5) is 0 Å². The molecule has 1 amide bonds. The lowest BCUT2D eigenvalue weighted by Gasteiger charge is -2.20. The summed E-state index contributed by atoms with van der Waals surface area (Å²) in [5.41, 5.74) is 1.13. The van der Waals surface area contributed by atoms with Gasteiger partial charge in [-0.2, -0.15) is 5.10 Å². The van der Waals surface area contributed by atoms with E-state index >= 15 is 0 Å². The molecule has 0 radical (unpaired) electrons. The Hall–Kier alpha value is -1.36. The van der Waals surface area contributed by atoms with Crippen molar-refractivity contribution in [1.82, 2.24) is 20.8 Å². The molecule has 1 aromatic rings. The van der Waals surface area contributed by atoms with Crippen LogP contribution in [0, 0.1) is 0 Å². The van der Waals surface area contributed by atoms with Crippen molar-refractivity contribution in [2.75, 3.05) is 6.54 Å². The zero-order chi connectivity index (χ0) is 11.4. The fourth-order valence-corrected chi connectivity index (χ4v) is 2.06. The van der Waals surface area contributed by atoms with Gasteiger partial charge in [-0.05, 0) is 19.8 Å². The Morgan fingerprint density at radius 3 is 3.25 bits per heavy atom. The first kappa shape index (κ1) is 11.1. The summed E-state index contributed by atoms with van der Waals surface area (Å²) in [4.78, 5) is 11.4. The number of hydrogen-bond acceptors (Lipinski definition) is 3. The molecule has 1 aliphatic heterocycles. The van der Waals surface area contributed by atoms with Crippen LogP contribution >= 0.6 is 0 Å². The topological polar surface area (TPSA) is 69.8 Å². The van der Waals surface area contributed by atoms with Crippen molar-refractivity contribution in [3.63, 3.8) is 0 Å². The summed E-state index contributed by atoms with van der Waals surface area (Å²) >= 11 is 0. The number of aromatic nitrogens is 2. The Bertz CT molecular complexity index is 336. The lowest BCUT2D eigenvalue weighted by atomic mass is 10.1. The Kier molecular flexibility index (Phi) is 3.56. The molecule has 2 rings (SSSR count). The van der Waals surface area contributed by atoms with E-state index in [-0.39, 0.29) is 18.0 Å². The van der Waals surface area contributed by atoms with E-state index in [4.69, 9.17) is 0 Å². The SMILES string of the molecule is CC(NC1CCCNC(=O)C1)c1cn[nH]c1. The van der Waals surface area contributed by atoms with E-state index < -0.39 is 0 Å². The van der Waals surface area contributed by atoms with Crippen LogP contribution in [0.2, 0.25) is 0 Å². The van der Waals surface area contributed by atoms with Crippen molar-refractivity contribution in [3.05, 3.63) is 18.0 Å². The average molecular weight is 222 g/mol. The van der Waals surface area contributed by atoms with Crippen molar-refractivity contribution in [1.29, 1.82) is 0 Å². The molecule has 5 heteroatoms. The Morgan fingerprint density at radius 1 is 1.62 bits per heavy atom. The molecule has 88 valence electrons. The normalized spacial score (nSPS) is 23.6. The molecule has 0 saturated carbocycles. The van der Waals surface area contributed by atoms with Gasteiger partial charge in [0.25, 0.3) is 0 Å². The van der Waals surface area contributed by atoms with Crippen LogP contribution < -0.4 is 10.6 Å². The number of amides is 1. The maximum atomic E-state index is 11.4. The first-order valence-electron chi connectivity index (χ1n) is 5.77. The first-order chi connectivity index (χ1) is 7.75. The number of H-pyrrole nitrogens is 1. The molecule has 2 heterocycles. The second-order valence-electron chi connectivity index (χ2n) is 4.31. The van der Waals surface area contributed by atoms with Crippen LogP contribution in [-0.2, 0) is 4.79 Å². The van der Waals surface area contributed by atoms with Crippen LogP contribution in [0.15, 0.2) is 12.4 Å². The maximum absolute atomic E-state index is 11.4. The number of carbonyl (C=O) groups is 1. The van der Waals surface area contributed by atoms with Crippen molar-refractivity contribution in [2.24, 2.45) is 0 Å². The average Bonchev–Trinajstić information content (AvgIpc) is 2.70. The van der Waals surface area contributed by atoms with Gasteiger partial charge in [0, 0.05) is 36.8 Å². The van der Waals surface area contributed by atoms with Crippen LogP contribution in [0.1, 0.15) is 37.8 Å². The maximum Gasteiger partial charge on any atom is 0.221 e. The van der Waals surface area contributed by atoms with Crippen molar-refractivity contribution < 1.29 is 4.79 Å². The Morgan fingerprint density at radius 2 is 2.50 bits per heavy atom. The van der Waals surface area contributed by atoms with Crippen LogP contribution in [0.5, 0.6) is 0 Å². The summed E-state index contributed by atoms with van der Waals surface area (Å²) in [6.45, 7) is 2.89. The number of rotatable bonds is 3. The van der Waals surface area contributed by atoms with Gasteiger partial charge in [0.2, 0.25) is 5.91 Å². The van der Waals surface area contributed by atoms with E-state index in [0.29, 0.717) is 6.42 Å². The largest absolute Gasteiger partial charge is 0.356 e. The third-order valence-electron chi connectivity index (χ3n) is 2.99. The highest BCUT2D eigenvalue weighted by Gasteiger charge is 2.19. The number of hydrogen-bond donors (Lipinski definition) is 3. The van der Waals surface area contributed by atoms with Gasteiger partial charge in [-0.3, -0.25) is 9.89 Å². The Labute approximate surface area is 95.0 Å². The summed E-state index contributed by atoms with van der Waals surface area (Å²) in [5.74, 6) is 0.148. The van der Waals surface area contributed by atoms with Gasteiger partial charge in [-0.1, -0.05) is 0 Å². The molecule has 5 nitrogen and oxygen atoms in total. The van der Waals surface area contributed by atoms with Crippen molar-refractivity contribution >= 4 is 5.91 Å². The van der Waals surface area contributed by atoms with E-state index in [0.717, 1.165) is 24.9 Å². The fourth-order valence-electron chi connectivity index (χ4n) is 2.06. The Balaban J connectivity index is 1.90. The summed E-state index contributed by atoms with van der Waals surface area (Å²) in [6, 6.07) is 0.502. The minimum absolute atomic E-state index is 0.148. The molecule has 2 atom stereocenters. The van der Waals surface area contributed by atoms with E-state index in [1.807, 2.05) is 12.4 Å². The second-order valence-corrected chi connectivity index (χ2v) is 4.31. The molecular formula is C11H18N4O. The molecule has 1 aliphatic rings. The third-order valence-corrected chi connectivity index (χ3v) is 2.99. The van der Waals surface area contributed by atoms with Gasteiger partial charge in [0.05, 0.1) is 6.20 Å². The summed E-state index contributed by atoms with van der Waals surface area (Å²) in [6.07, 6.45) is 6.35. The lowest BCUT2D eigenvalue weighted by molar-refractivity contribution is -0.121. The molecule has 3 N–H and O–H groups in total. The van der Waals surface area contributed by atoms with Gasteiger partial charge in [0.15, 0.2) is 0 Å². The van der Waals surface area contributed by atoms with Gasteiger partial charge in [-0.25, -0.2) is 0 Å². The molecule has 1 fully saturated rings. The first-order valence-corrected chi connectivity index (χ1v) is 5.77. The molecule has 0 aromatic carbocycles. The smallest absolute Gasteiger partial charge is 0.221 e. The highest BCUT2D eigenvalue weighted by Crippen LogP contribution is 2.14. The summed E-state index contributed by atoms with van der Waals surface area (Å²) < 4.78 is 0. The van der Waals surface area contributed by atoms with Crippen molar-refractivity contribution in [3.8, 4) is 0 Å². The molecule has 0 aliphatic carbocycles. The lowest BCUT2D eigenvalue weighted by Crippen LogP contribution is -2.34. The number of aromatic amines is 1. The quantitative estimate of drug-likeness (QED) is 0.706. The van der Waals surface area contributed by atoms with E-state index in [2.05, 4.69) is 27.8 Å². The zero-order valence-corrected chi connectivity index (χ0v) is 9.49. The van der Waals surface area contributed by atoms with E-state index in [1.54, 1.807) is 0 Å². The van der Waals surface area contributed by atoms with Crippen LogP contribution in [0.25, 0.3) is 0 Å². The number of nitrogens with one attached hydrogen (secondary N) is 3. The van der Waals surface area contributed by atoms with Crippen molar-refractivity contribution in [2.45, 2.75) is 38.3 Å². The van der Waals surface area contributed by atoms with E-state index in [1.165, 1.54) is 0 Å². The van der Waals surface area contributed by atoms with Gasteiger partial charge >= 0.3 is 0 Å². The predicted octanol–water partition coefficient (Wildman–Crippen LogP) is 0.729. The number of carbonyl (C=O) groups excluding carboxylic acids is 1. The predicted molar refractivity (Wildman–Crippen MR) is 60.8 cm³/mol. The minimum atomic E-state index is 0.148. The van der Waals surface area contributed by atoms with E-state index in [9.17, 15) is 4.79 Å². The summed E-state index contributed by atoms with van der Waals surface area (Å²) in [7, 11) is 0. The minimum Gasteiger partial charge on any atom is -0.356 e. The van der Waals surface area contributed by atoms with Gasteiger partial charge < -0.3 is 10.6 Å². The zero-order valence-electron chi connectivity index (χ0n) is 9.49. The molecule has 16 heavy (non-hydrogen) atoms. The molecule has 0 bridgehead atoms.